The van der Waals surface area contributed by atoms with Crippen molar-refractivity contribution >= 4 is 33.5 Å². The van der Waals surface area contributed by atoms with E-state index in [1.54, 1.807) is 6.92 Å². The van der Waals surface area contributed by atoms with Crippen LogP contribution in [0.15, 0.2) is 40.7 Å². The number of rotatable bonds is 0. The van der Waals surface area contributed by atoms with Crippen molar-refractivity contribution in [2.45, 2.75) is 6.92 Å². The molecule has 0 saturated carbocycles. The number of halogens is 1. The predicted molar refractivity (Wildman–Crippen MR) is 63.5 cm³/mol. The van der Waals surface area contributed by atoms with Crippen molar-refractivity contribution in [2.75, 3.05) is 0 Å². The van der Waals surface area contributed by atoms with Crippen molar-refractivity contribution in [3.63, 3.8) is 0 Å². The minimum Gasteiger partial charge on any atom is -0.456 e. The van der Waals surface area contributed by atoms with Gasteiger partial charge in [0.25, 0.3) is 0 Å². The van der Waals surface area contributed by atoms with E-state index in [4.69, 9.17) is 24.2 Å². The first-order valence-corrected chi connectivity index (χ1v) is 4.73. The summed E-state index contributed by atoms with van der Waals surface area (Å²) in [6.07, 6.45) is 0. The van der Waals surface area contributed by atoms with Gasteiger partial charge in [0, 0.05) is 10.8 Å². The van der Waals surface area contributed by atoms with Gasteiger partial charge in [0.1, 0.15) is 11.2 Å². The summed E-state index contributed by atoms with van der Waals surface area (Å²) in [7, 11) is 0. The Labute approximate surface area is 101 Å². The molecule has 0 atom stereocenters. The molecule has 0 spiro atoms. The average Bonchev–Trinajstić information content (AvgIpc) is 2.87. The number of benzene rings is 2. The Morgan fingerprint density at radius 2 is 2.07 bits per heavy atom. The minimum absolute atomic E-state index is 0.0250. The zero-order chi connectivity index (χ0) is 15.6. The third kappa shape index (κ3) is 1.24. The SMILES string of the molecule is [2H]c1c([2H])c(Cl)c2c(oc3c([2H])c(C)c([2H])c([2H])c32)c1[2H]. The summed E-state index contributed by atoms with van der Waals surface area (Å²) >= 11 is 6.08. The molecule has 1 heterocycles. The van der Waals surface area contributed by atoms with Crippen LogP contribution >= 0.6 is 11.6 Å². The van der Waals surface area contributed by atoms with Gasteiger partial charge in [0.05, 0.1) is 13.2 Å². The number of fused-ring (bicyclic) bond motifs is 3. The summed E-state index contributed by atoms with van der Waals surface area (Å²) in [5.41, 5.74) is 0.332. The standard InChI is InChI=1S/C13H9ClO/c1-8-5-6-9-12(7-8)15-11-4-2-3-10(14)13(9)11/h2-7H,1H3/i2D,3D,4D,5D,6D,7D. The zero-order valence-electron chi connectivity index (χ0n) is 13.8. The van der Waals surface area contributed by atoms with Gasteiger partial charge >= 0.3 is 0 Å². The molecule has 2 heteroatoms. The fourth-order valence-electron chi connectivity index (χ4n) is 1.50. The summed E-state index contributed by atoms with van der Waals surface area (Å²) in [5.74, 6) is 0. The molecule has 0 aliphatic carbocycles. The van der Waals surface area contributed by atoms with Gasteiger partial charge in [0.15, 0.2) is 0 Å². The van der Waals surface area contributed by atoms with E-state index in [9.17, 15) is 0 Å². The summed E-state index contributed by atoms with van der Waals surface area (Å²) in [4.78, 5) is 0. The van der Waals surface area contributed by atoms with Crippen molar-refractivity contribution in [3.05, 3.63) is 46.8 Å². The Hall–Kier alpha value is -1.47. The van der Waals surface area contributed by atoms with Gasteiger partial charge in [0.2, 0.25) is 0 Å². The second-order valence-corrected chi connectivity index (χ2v) is 3.58. The second-order valence-electron chi connectivity index (χ2n) is 3.20. The molecule has 3 rings (SSSR count). The molecule has 0 radical (unpaired) electrons. The molecule has 0 unspecified atom stereocenters. The van der Waals surface area contributed by atoms with Crippen LogP contribution < -0.4 is 0 Å². The molecule has 1 nitrogen and oxygen atoms in total. The van der Waals surface area contributed by atoms with Crippen LogP contribution in [0.2, 0.25) is 5.02 Å². The lowest BCUT2D eigenvalue weighted by Crippen LogP contribution is -1.70. The van der Waals surface area contributed by atoms with E-state index in [1.165, 1.54) is 0 Å². The number of hydrogen-bond acceptors (Lipinski definition) is 1. The molecule has 15 heavy (non-hydrogen) atoms. The van der Waals surface area contributed by atoms with Crippen LogP contribution in [0.25, 0.3) is 21.9 Å². The topological polar surface area (TPSA) is 13.1 Å². The quantitative estimate of drug-likeness (QED) is 0.544. The van der Waals surface area contributed by atoms with Crippen LogP contribution in [0.4, 0.5) is 0 Å². The monoisotopic (exact) mass is 222 g/mol. The highest BCUT2D eigenvalue weighted by atomic mass is 35.5. The lowest BCUT2D eigenvalue weighted by molar-refractivity contribution is 0.668. The third-order valence-electron chi connectivity index (χ3n) is 2.15. The first-order valence-electron chi connectivity index (χ1n) is 7.35. The van der Waals surface area contributed by atoms with Crippen molar-refractivity contribution in [1.82, 2.24) is 0 Å². The summed E-state index contributed by atoms with van der Waals surface area (Å²) < 4.78 is 52.8. The number of hydrogen-bond donors (Lipinski definition) is 0. The smallest absolute Gasteiger partial charge is 0.136 e. The van der Waals surface area contributed by atoms with Crippen molar-refractivity contribution in [2.24, 2.45) is 0 Å². The molecule has 0 fully saturated rings. The van der Waals surface area contributed by atoms with Crippen LogP contribution in [0.3, 0.4) is 0 Å². The minimum atomic E-state index is -0.368. The van der Waals surface area contributed by atoms with Crippen molar-refractivity contribution in [3.8, 4) is 0 Å². The lowest BCUT2D eigenvalue weighted by Gasteiger charge is -1.92. The fraction of sp³-hybridized carbons (Fsp3) is 0.0769. The molecule has 1 aromatic heterocycles. The average molecular weight is 223 g/mol. The Balaban J connectivity index is 2.73. The van der Waals surface area contributed by atoms with Crippen LogP contribution in [0.1, 0.15) is 13.8 Å². The van der Waals surface area contributed by atoms with E-state index in [2.05, 4.69) is 0 Å². The van der Waals surface area contributed by atoms with Crippen molar-refractivity contribution in [1.29, 1.82) is 0 Å². The Bertz CT molecular complexity index is 856. The third-order valence-corrected chi connectivity index (χ3v) is 2.44. The highest BCUT2D eigenvalue weighted by Gasteiger charge is 2.08. The molecule has 0 saturated heterocycles. The molecule has 0 amide bonds. The first-order chi connectivity index (χ1) is 9.77. The fourth-order valence-corrected chi connectivity index (χ4v) is 1.73. The second kappa shape index (κ2) is 3.01. The van der Waals surface area contributed by atoms with Crippen LogP contribution in [0.5, 0.6) is 0 Å². The Morgan fingerprint density at radius 3 is 2.93 bits per heavy atom. The maximum absolute atomic E-state index is 8.06. The van der Waals surface area contributed by atoms with Gasteiger partial charge in [-0.15, -0.1) is 0 Å². The highest BCUT2D eigenvalue weighted by Crippen LogP contribution is 2.33. The predicted octanol–water partition coefficient (Wildman–Crippen LogP) is 4.55. The highest BCUT2D eigenvalue weighted by molar-refractivity contribution is 6.37. The zero-order valence-corrected chi connectivity index (χ0v) is 8.54. The Morgan fingerprint density at radius 1 is 1.20 bits per heavy atom. The van der Waals surface area contributed by atoms with Gasteiger partial charge < -0.3 is 4.42 Å². The molecular formula is C13H9ClO. The maximum Gasteiger partial charge on any atom is 0.136 e. The van der Waals surface area contributed by atoms with Gasteiger partial charge in [-0.1, -0.05) is 29.7 Å². The van der Waals surface area contributed by atoms with Gasteiger partial charge in [-0.05, 0) is 30.6 Å². The summed E-state index contributed by atoms with van der Waals surface area (Å²) in [6, 6.07) is -1.31. The molecule has 0 aliphatic rings. The van der Waals surface area contributed by atoms with Gasteiger partial charge in [-0.2, -0.15) is 0 Å². The van der Waals surface area contributed by atoms with Crippen LogP contribution in [-0.2, 0) is 0 Å². The van der Waals surface area contributed by atoms with E-state index in [1.807, 2.05) is 0 Å². The molecular weight excluding hydrogens is 208 g/mol. The van der Waals surface area contributed by atoms with Gasteiger partial charge in [-0.25, -0.2) is 0 Å². The molecule has 2 aromatic carbocycles. The van der Waals surface area contributed by atoms with E-state index >= 15 is 0 Å². The van der Waals surface area contributed by atoms with Crippen LogP contribution in [0, 0.1) is 6.92 Å². The molecule has 0 aliphatic heterocycles. The Kier molecular flexibility index (Phi) is 0.919. The first kappa shape index (κ1) is 4.58. The van der Waals surface area contributed by atoms with E-state index in [0.29, 0.717) is 5.56 Å². The lowest BCUT2D eigenvalue weighted by atomic mass is 10.1. The van der Waals surface area contributed by atoms with E-state index < -0.39 is 0 Å². The van der Waals surface area contributed by atoms with Crippen LogP contribution in [-0.4, -0.2) is 0 Å². The van der Waals surface area contributed by atoms with Gasteiger partial charge in [-0.3, -0.25) is 0 Å². The molecule has 74 valence electrons. The van der Waals surface area contributed by atoms with Crippen molar-refractivity contribution < 1.29 is 12.6 Å². The largest absolute Gasteiger partial charge is 0.456 e. The number of furan rings is 1. The summed E-state index contributed by atoms with van der Waals surface area (Å²) in [5, 5.41) is 0.211. The summed E-state index contributed by atoms with van der Waals surface area (Å²) in [6.45, 7) is 1.55. The van der Waals surface area contributed by atoms with E-state index in [0.717, 1.165) is 0 Å². The molecule has 0 bridgehead atoms. The van der Waals surface area contributed by atoms with E-state index in [-0.39, 0.29) is 63.2 Å². The molecule has 0 N–H and O–H groups in total. The maximum atomic E-state index is 8.06. The molecule has 3 aromatic rings. The normalized spacial score (nSPS) is 16.9.